The van der Waals surface area contributed by atoms with Crippen molar-refractivity contribution in [2.75, 3.05) is 10.6 Å². The molecule has 5 nitrogen and oxygen atoms in total. The highest BCUT2D eigenvalue weighted by Crippen LogP contribution is 2.33. The van der Waals surface area contributed by atoms with Gasteiger partial charge in [-0.3, -0.25) is 0 Å². The quantitative estimate of drug-likeness (QED) is 0.529. The Balaban J connectivity index is 1.77. The number of aromatic amines is 1. The lowest BCUT2D eigenvalue weighted by Gasteiger charge is -2.09. The monoisotopic (exact) mass is 463 g/mol. The van der Waals surface area contributed by atoms with E-state index in [4.69, 9.17) is 9.98 Å². The second kappa shape index (κ2) is 9.06. The number of hydrogen-bond donors (Lipinski definition) is 3. The molecule has 0 saturated heterocycles. The minimum atomic E-state index is 0.942. The van der Waals surface area contributed by atoms with Crippen LogP contribution in [0.1, 0.15) is 51.7 Å². The first-order chi connectivity index (χ1) is 16.9. The molecule has 2 aromatic rings. The third-order valence-electron chi connectivity index (χ3n) is 7.36. The lowest BCUT2D eigenvalue weighted by Crippen LogP contribution is -2.15. The predicted molar refractivity (Wildman–Crippen MR) is 149 cm³/mol. The van der Waals surface area contributed by atoms with Crippen molar-refractivity contribution in [3.8, 4) is 0 Å². The molecular weight excluding hydrogens is 430 g/mol. The third kappa shape index (κ3) is 4.01. The number of nitrogens with one attached hydrogen (secondary N) is 3. The van der Waals surface area contributed by atoms with Gasteiger partial charge in [-0.15, -0.1) is 0 Å². The van der Waals surface area contributed by atoms with Crippen molar-refractivity contribution < 1.29 is 0 Å². The number of allylic oxidation sites excluding steroid dienone is 5. The Bertz CT molecular complexity index is 1530. The first-order valence-corrected chi connectivity index (χ1v) is 12.4. The van der Waals surface area contributed by atoms with Gasteiger partial charge >= 0.3 is 0 Å². The first-order valence-electron chi connectivity index (χ1n) is 12.4. The Morgan fingerprint density at radius 3 is 1.97 bits per heavy atom. The Morgan fingerprint density at radius 2 is 1.29 bits per heavy atom. The van der Waals surface area contributed by atoms with Crippen molar-refractivity contribution in [2.45, 2.75) is 54.4 Å². The van der Waals surface area contributed by atoms with Crippen molar-refractivity contribution in [1.82, 2.24) is 4.98 Å². The molecule has 5 heteroatoms. The molecular formula is C30H33N5. The number of hydrogen-bond acceptors (Lipinski definition) is 4. The van der Waals surface area contributed by atoms with Gasteiger partial charge in [-0.25, -0.2) is 9.98 Å². The summed E-state index contributed by atoms with van der Waals surface area (Å²) in [6.07, 6.45) is 10.3. The van der Waals surface area contributed by atoms with Gasteiger partial charge in [0.15, 0.2) is 0 Å². The van der Waals surface area contributed by atoms with Gasteiger partial charge in [0.05, 0.1) is 39.5 Å². The average Bonchev–Trinajstić information content (AvgIpc) is 3.43. The fourth-order valence-corrected chi connectivity index (χ4v) is 4.89. The zero-order chi connectivity index (χ0) is 24.7. The molecule has 35 heavy (non-hydrogen) atoms. The van der Waals surface area contributed by atoms with Gasteiger partial charge in [0.2, 0.25) is 0 Å². The van der Waals surface area contributed by atoms with Crippen LogP contribution in [0.4, 0.5) is 11.4 Å². The first kappa shape index (κ1) is 22.9. The highest BCUT2D eigenvalue weighted by atomic mass is 15.0. The van der Waals surface area contributed by atoms with E-state index in [2.05, 4.69) is 81.4 Å². The standard InChI is InChI=1S/C30H33N5/c1-7-21-22(8-2)28-14-26-18(4)20(6)30(34-26)16-32-24-12-10-9-11-23(24)31-15-29-19(5)17(3)25(33-29)13-27(21)35-28/h9-16,31-33H,7-8H2,1-6H3. The van der Waals surface area contributed by atoms with Crippen LogP contribution in [0, 0.1) is 13.8 Å². The summed E-state index contributed by atoms with van der Waals surface area (Å²) in [5, 5.41) is 9.13. The Morgan fingerprint density at radius 1 is 0.657 bits per heavy atom. The van der Waals surface area contributed by atoms with Gasteiger partial charge in [-0.2, -0.15) is 0 Å². The number of benzene rings is 1. The van der Waals surface area contributed by atoms with E-state index in [1.807, 2.05) is 24.5 Å². The molecule has 1 aromatic heterocycles. The number of para-hydroxylation sites is 2. The summed E-state index contributed by atoms with van der Waals surface area (Å²) in [6.45, 7) is 13.0. The summed E-state index contributed by atoms with van der Waals surface area (Å²) >= 11 is 0. The lowest BCUT2D eigenvalue weighted by molar-refractivity contribution is 1.05. The van der Waals surface area contributed by atoms with Crippen LogP contribution < -0.4 is 21.3 Å². The summed E-state index contributed by atoms with van der Waals surface area (Å²) in [6, 6.07) is 8.21. The second-order valence-electron chi connectivity index (χ2n) is 9.29. The minimum Gasteiger partial charge on any atom is -0.358 e. The van der Waals surface area contributed by atoms with Crippen molar-refractivity contribution in [2.24, 2.45) is 9.98 Å². The molecule has 0 amide bonds. The number of nitrogens with zero attached hydrogens (tertiary/aromatic N) is 2. The summed E-state index contributed by atoms with van der Waals surface area (Å²) < 4.78 is 0. The molecule has 3 aliphatic heterocycles. The molecule has 0 radical (unpaired) electrons. The van der Waals surface area contributed by atoms with E-state index in [-0.39, 0.29) is 0 Å². The predicted octanol–water partition coefficient (Wildman–Crippen LogP) is 5.78. The highest BCUT2D eigenvalue weighted by molar-refractivity contribution is 6.24. The molecule has 3 aliphatic rings. The van der Waals surface area contributed by atoms with Crippen LogP contribution in [-0.4, -0.2) is 16.4 Å². The van der Waals surface area contributed by atoms with E-state index < -0.39 is 0 Å². The van der Waals surface area contributed by atoms with Crippen LogP contribution in [-0.2, 0) is 0 Å². The van der Waals surface area contributed by atoms with E-state index >= 15 is 0 Å². The van der Waals surface area contributed by atoms with Crippen LogP contribution in [0.2, 0.25) is 0 Å². The SMILES string of the molecule is CCC1=C(CC)C2=NC1=CC1=NC(=CNc3ccccc3NC=c3[nH]c(c(C)c3C)=C2)C(C)=C1C. The van der Waals surface area contributed by atoms with Crippen molar-refractivity contribution in [1.29, 1.82) is 0 Å². The van der Waals surface area contributed by atoms with Gasteiger partial charge in [-0.05, 0) is 98.2 Å². The van der Waals surface area contributed by atoms with Crippen LogP contribution in [0.15, 0.2) is 80.2 Å². The fourth-order valence-electron chi connectivity index (χ4n) is 4.89. The van der Waals surface area contributed by atoms with Crippen LogP contribution >= 0.6 is 0 Å². The minimum absolute atomic E-state index is 0.942. The summed E-state index contributed by atoms with van der Waals surface area (Å²) in [7, 11) is 0. The van der Waals surface area contributed by atoms with Gasteiger partial charge in [0, 0.05) is 17.7 Å². The number of anilines is 2. The molecule has 0 saturated carbocycles. The number of aliphatic imine (C=N–C) groups is 2. The number of H-pyrrole nitrogens is 1. The zero-order valence-corrected chi connectivity index (χ0v) is 21.4. The Kier molecular flexibility index (Phi) is 5.93. The summed E-state index contributed by atoms with van der Waals surface area (Å²) in [4.78, 5) is 13.7. The molecule has 3 N–H and O–H groups in total. The molecule has 4 heterocycles. The molecule has 178 valence electrons. The Hall–Kier alpha value is -3.86. The van der Waals surface area contributed by atoms with Gasteiger partial charge < -0.3 is 15.6 Å². The molecule has 0 aliphatic carbocycles. The smallest absolute Gasteiger partial charge is 0.0829 e. The Labute approximate surface area is 207 Å². The molecule has 1 aromatic carbocycles. The number of rotatable bonds is 2. The van der Waals surface area contributed by atoms with Gasteiger partial charge in [0.25, 0.3) is 0 Å². The number of fused-ring (bicyclic) bond motifs is 5. The van der Waals surface area contributed by atoms with Crippen molar-refractivity contribution >= 4 is 35.1 Å². The molecule has 6 bridgehead atoms. The van der Waals surface area contributed by atoms with Crippen LogP contribution in [0.5, 0.6) is 0 Å². The second-order valence-corrected chi connectivity index (χ2v) is 9.29. The van der Waals surface area contributed by atoms with Crippen LogP contribution in [0.25, 0.3) is 12.3 Å². The van der Waals surface area contributed by atoms with Crippen molar-refractivity contribution in [3.63, 3.8) is 0 Å². The van der Waals surface area contributed by atoms with E-state index in [0.29, 0.717) is 0 Å². The molecule has 0 fully saturated rings. The number of aromatic nitrogens is 1. The van der Waals surface area contributed by atoms with E-state index in [1.165, 1.54) is 33.4 Å². The molecule has 5 rings (SSSR count). The van der Waals surface area contributed by atoms with E-state index in [0.717, 1.165) is 57.7 Å². The normalized spacial score (nSPS) is 17.3. The van der Waals surface area contributed by atoms with Gasteiger partial charge in [0.1, 0.15) is 0 Å². The lowest BCUT2D eigenvalue weighted by atomic mass is 9.98. The largest absolute Gasteiger partial charge is 0.358 e. The van der Waals surface area contributed by atoms with Crippen LogP contribution in [0.3, 0.4) is 0 Å². The van der Waals surface area contributed by atoms with E-state index in [9.17, 15) is 0 Å². The maximum absolute atomic E-state index is 5.12. The van der Waals surface area contributed by atoms with E-state index in [1.54, 1.807) is 0 Å². The molecule has 0 unspecified atom stereocenters. The fraction of sp³-hybridized carbons (Fsp3) is 0.267. The topological polar surface area (TPSA) is 64.6 Å². The maximum atomic E-state index is 5.12. The summed E-state index contributed by atoms with van der Waals surface area (Å²) in [5.41, 5.74) is 13.5. The molecule has 0 spiro atoms. The van der Waals surface area contributed by atoms with Gasteiger partial charge in [-0.1, -0.05) is 26.0 Å². The molecule has 0 atom stereocenters. The third-order valence-corrected chi connectivity index (χ3v) is 7.36. The zero-order valence-electron chi connectivity index (χ0n) is 21.4. The summed E-state index contributed by atoms with van der Waals surface area (Å²) in [5.74, 6) is 0. The van der Waals surface area contributed by atoms with Crippen molar-refractivity contribution in [3.05, 3.63) is 92.1 Å². The maximum Gasteiger partial charge on any atom is 0.0829 e. The average molecular weight is 464 g/mol. The highest BCUT2D eigenvalue weighted by Gasteiger charge is 2.23.